The zero-order valence-corrected chi connectivity index (χ0v) is 13.3. The van der Waals surface area contributed by atoms with Crippen LogP contribution in [0.1, 0.15) is 22.1 Å². The third-order valence-corrected chi connectivity index (χ3v) is 4.58. The Morgan fingerprint density at radius 2 is 1.95 bits per heavy atom. The van der Waals surface area contributed by atoms with Gasteiger partial charge in [0, 0.05) is 4.47 Å². The van der Waals surface area contributed by atoms with Crippen LogP contribution in [0.3, 0.4) is 0 Å². The monoisotopic (exact) mass is 338 g/mol. The SMILES string of the molecule is COc1cccc(CC(Cl)c2cccc(C)c2Br)c1. The Balaban J connectivity index is 2.20. The van der Waals surface area contributed by atoms with Crippen LogP contribution in [0.5, 0.6) is 5.75 Å². The van der Waals surface area contributed by atoms with Gasteiger partial charge in [-0.25, -0.2) is 0 Å². The summed E-state index contributed by atoms with van der Waals surface area (Å²) in [6.45, 7) is 2.07. The van der Waals surface area contributed by atoms with Crippen molar-refractivity contribution in [2.45, 2.75) is 18.7 Å². The minimum atomic E-state index is -0.0543. The van der Waals surface area contributed by atoms with Crippen LogP contribution in [0.2, 0.25) is 0 Å². The highest BCUT2D eigenvalue weighted by molar-refractivity contribution is 9.10. The second-order valence-electron chi connectivity index (χ2n) is 4.50. The van der Waals surface area contributed by atoms with E-state index in [9.17, 15) is 0 Å². The van der Waals surface area contributed by atoms with Gasteiger partial charge in [0.05, 0.1) is 12.5 Å². The molecule has 2 aromatic carbocycles. The zero-order valence-electron chi connectivity index (χ0n) is 11.0. The van der Waals surface area contributed by atoms with E-state index in [0.29, 0.717) is 0 Å². The fourth-order valence-corrected chi connectivity index (χ4v) is 3.06. The van der Waals surface area contributed by atoms with Crippen molar-refractivity contribution in [1.82, 2.24) is 0 Å². The van der Waals surface area contributed by atoms with Crippen molar-refractivity contribution in [2.24, 2.45) is 0 Å². The molecule has 0 spiro atoms. The summed E-state index contributed by atoms with van der Waals surface area (Å²) in [6, 6.07) is 14.2. The number of alkyl halides is 1. The third kappa shape index (κ3) is 3.52. The Labute approximate surface area is 127 Å². The van der Waals surface area contributed by atoms with Crippen molar-refractivity contribution in [2.75, 3.05) is 7.11 Å². The van der Waals surface area contributed by atoms with Crippen LogP contribution in [0.4, 0.5) is 0 Å². The quantitative estimate of drug-likeness (QED) is 0.688. The second-order valence-corrected chi connectivity index (χ2v) is 5.82. The van der Waals surface area contributed by atoms with E-state index in [4.69, 9.17) is 16.3 Å². The van der Waals surface area contributed by atoms with Crippen LogP contribution in [0, 0.1) is 6.92 Å². The lowest BCUT2D eigenvalue weighted by molar-refractivity contribution is 0.414. The van der Waals surface area contributed by atoms with Gasteiger partial charge in [0.2, 0.25) is 0 Å². The first kappa shape index (κ1) is 14.4. The lowest BCUT2D eigenvalue weighted by Gasteiger charge is -2.14. The molecule has 1 atom stereocenters. The molecule has 0 aliphatic carbocycles. The molecule has 0 heterocycles. The molecule has 0 bridgehead atoms. The lowest BCUT2D eigenvalue weighted by atomic mass is 10.0. The van der Waals surface area contributed by atoms with Crippen LogP contribution in [-0.4, -0.2) is 7.11 Å². The number of halogens is 2. The molecule has 2 aromatic rings. The van der Waals surface area contributed by atoms with Crippen LogP contribution in [-0.2, 0) is 6.42 Å². The van der Waals surface area contributed by atoms with E-state index in [-0.39, 0.29) is 5.38 Å². The summed E-state index contributed by atoms with van der Waals surface area (Å²) in [7, 11) is 1.68. The summed E-state index contributed by atoms with van der Waals surface area (Å²) in [6.07, 6.45) is 0.779. The van der Waals surface area contributed by atoms with E-state index in [1.165, 1.54) is 11.1 Å². The van der Waals surface area contributed by atoms with Crippen molar-refractivity contribution in [3.63, 3.8) is 0 Å². The highest BCUT2D eigenvalue weighted by Gasteiger charge is 2.13. The molecule has 0 amide bonds. The molecule has 0 saturated heterocycles. The highest BCUT2D eigenvalue weighted by Crippen LogP contribution is 2.33. The lowest BCUT2D eigenvalue weighted by Crippen LogP contribution is -1.98. The first-order valence-corrected chi connectivity index (χ1v) is 7.36. The molecule has 0 fully saturated rings. The normalized spacial score (nSPS) is 12.2. The highest BCUT2D eigenvalue weighted by atomic mass is 79.9. The average molecular weight is 340 g/mol. The Kier molecular flexibility index (Phi) is 4.89. The summed E-state index contributed by atoms with van der Waals surface area (Å²) in [5, 5.41) is -0.0543. The minimum absolute atomic E-state index is 0.0543. The van der Waals surface area contributed by atoms with E-state index in [2.05, 4.69) is 41.1 Å². The molecule has 0 aromatic heterocycles. The Bertz CT molecular complexity index is 568. The Hall–Kier alpha value is -0.990. The van der Waals surface area contributed by atoms with Crippen LogP contribution < -0.4 is 4.74 Å². The average Bonchev–Trinajstić information content (AvgIpc) is 2.42. The van der Waals surface area contributed by atoms with Crippen molar-refractivity contribution in [3.8, 4) is 5.75 Å². The third-order valence-electron chi connectivity index (χ3n) is 3.11. The molecule has 0 saturated carbocycles. The fourth-order valence-electron chi connectivity index (χ4n) is 2.03. The van der Waals surface area contributed by atoms with Crippen LogP contribution in [0.25, 0.3) is 0 Å². The van der Waals surface area contributed by atoms with Gasteiger partial charge in [-0.1, -0.05) is 46.3 Å². The largest absolute Gasteiger partial charge is 0.497 e. The van der Waals surface area contributed by atoms with E-state index in [0.717, 1.165) is 22.2 Å². The number of aryl methyl sites for hydroxylation is 1. The molecule has 0 N–H and O–H groups in total. The van der Waals surface area contributed by atoms with Crippen molar-refractivity contribution in [3.05, 3.63) is 63.6 Å². The Morgan fingerprint density at radius 3 is 2.68 bits per heavy atom. The topological polar surface area (TPSA) is 9.23 Å². The summed E-state index contributed by atoms with van der Waals surface area (Å²) in [5.41, 5.74) is 3.51. The van der Waals surface area contributed by atoms with Crippen LogP contribution in [0.15, 0.2) is 46.9 Å². The Morgan fingerprint density at radius 1 is 1.21 bits per heavy atom. The number of ether oxygens (including phenoxy) is 1. The molecule has 2 rings (SSSR count). The molecule has 0 aliphatic rings. The molecule has 1 unspecified atom stereocenters. The summed E-state index contributed by atoms with van der Waals surface area (Å²) < 4.78 is 6.33. The first-order chi connectivity index (χ1) is 9.11. The molecule has 100 valence electrons. The van der Waals surface area contributed by atoms with Crippen molar-refractivity contribution >= 4 is 27.5 Å². The maximum Gasteiger partial charge on any atom is 0.119 e. The van der Waals surface area contributed by atoms with Gasteiger partial charge >= 0.3 is 0 Å². The van der Waals surface area contributed by atoms with Crippen molar-refractivity contribution < 1.29 is 4.74 Å². The molecule has 0 aliphatic heterocycles. The van der Waals surface area contributed by atoms with Gasteiger partial charge in [-0.05, 0) is 42.2 Å². The molecular weight excluding hydrogens is 324 g/mol. The fraction of sp³-hybridized carbons (Fsp3) is 0.250. The van der Waals surface area contributed by atoms with E-state index in [1.807, 2.05) is 24.3 Å². The maximum absolute atomic E-state index is 6.54. The van der Waals surface area contributed by atoms with Gasteiger partial charge in [-0.2, -0.15) is 0 Å². The molecule has 0 radical (unpaired) electrons. The standard InChI is InChI=1S/C16H16BrClO/c1-11-5-3-8-14(16(11)17)15(18)10-12-6-4-7-13(9-12)19-2/h3-9,15H,10H2,1-2H3. The number of methoxy groups -OCH3 is 1. The molecular formula is C16H16BrClO. The summed E-state index contributed by atoms with van der Waals surface area (Å²) in [5.74, 6) is 0.865. The molecule has 3 heteroatoms. The molecule has 19 heavy (non-hydrogen) atoms. The second kappa shape index (κ2) is 6.44. The zero-order chi connectivity index (χ0) is 13.8. The van der Waals surface area contributed by atoms with Gasteiger partial charge < -0.3 is 4.74 Å². The number of hydrogen-bond acceptors (Lipinski definition) is 1. The van der Waals surface area contributed by atoms with Gasteiger partial charge in [-0.3, -0.25) is 0 Å². The predicted molar refractivity (Wildman–Crippen MR) is 84.2 cm³/mol. The van der Waals surface area contributed by atoms with Gasteiger partial charge in [0.25, 0.3) is 0 Å². The van der Waals surface area contributed by atoms with Gasteiger partial charge in [0.1, 0.15) is 5.75 Å². The minimum Gasteiger partial charge on any atom is -0.497 e. The van der Waals surface area contributed by atoms with E-state index < -0.39 is 0 Å². The number of rotatable bonds is 4. The van der Waals surface area contributed by atoms with E-state index in [1.54, 1.807) is 7.11 Å². The number of benzene rings is 2. The van der Waals surface area contributed by atoms with Crippen molar-refractivity contribution in [1.29, 1.82) is 0 Å². The summed E-state index contributed by atoms with van der Waals surface area (Å²) >= 11 is 10.2. The summed E-state index contributed by atoms with van der Waals surface area (Å²) in [4.78, 5) is 0. The van der Waals surface area contributed by atoms with E-state index >= 15 is 0 Å². The van der Waals surface area contributed by atoms with Gasteiger partial charge in [0.15, 0.2) is 0 Å². The maximum atomic E-state index is 6.54. The number of hydrogen-bond donors (Lipinski definition) is 0. The smallest absolute Gasteiger partial charge is 0.119 e. The van der Waals surface area contributed by atoms with Gasteiger partial charge in [-0.15, -0.1) is 11.6 Å². The van der Waals surface area contributed by atoms with Crippen LogP contribution >= 0.6 is 27.5 Å². The predicted octanol–water partition coefficient (Wildman–Crippen LogP) is 5.29. The molecule has 1 nitrogen and oxygen atoms in total. The first-order valence-electron chi connectivity index (χ1n) is 6.14.